The Labute approximate surface area is 183 Å². The Morgan fingerprint density at radius 3 is 2.26 bits per heavy atom. The van der Waals surface area contributed by atoms with Gasteiger partial charge in [-0.15, -0.1) is 0 Å². The van der Waals surface area contributed by atoms with Crippen LogP contribution < -0.4 is 15.5 Å². The number of hydrogen-bond acceptors (Lipinski definition) is 5. The van der Waals surface area contributed by atoms with Gasteiger partial charge in [0, 0.05) is 41.7 Å². The second-order valence-electron chi connectivity index (χ2n) is 6.49. The Hall–Kier alpha value is -4.11. The summed E-state index contributed by atoms with van der Waals surface area (Å²) in [5, 5.41) is 16.1. The van der Waals surface area contributed by atoms with Crippen LogP contribution in [0, 0.1) is 10.1 Å². The third kappa shape index (κ3) is 5.49. The number of thiocarbonyl (C=S) groups is 1. The van der Waals surface area contributed by atoms with Crippen molar-refractivity contribution in [1.29, 1.82) is 0 Å². The number of hydrogen-bond donors (Lipinski definition) is 2. The fourth-order valence-corrected chi connectivity index (χ4v) is 2.98. The predicted molar refractivity (Wildman–Crippen MR) is 122 cm³/mol. The molecular weight excluding hydrogens is 416 g/mol. The summed E-state index contributed by atoms with van der Waals surface area (Å²) in [6.45, 7) is 0. The lowest BCUT2D eigenvalue weighted by atomic mass is 10.1. The van der Waals surface area contributed by atoms with Gasteiger partial charge in [0.2, 0.25) is 0 Å². The van der Waals surface area contributed by atoms with E-state index in [0.717, 1.165) is 5.69 Å². The van der Waals surface area contributed by atoms with Gasteiger partial charge in [-0.05, 0) is 54.7 Å². The molecule has 0 saturated heterocycles. The Bertz CT molecular complexity index is 1130. The number of para-hydroxylation sites is 1. The van der Waals surface area contributed by atoms with Crippen molar-refractivity contribution in [3.05, 3.63) is 100 Å². The van der Waals surface area contributed by atoms with Crippen LogP contribution in [0.5, 0.6) is 0 Å². The number of nitrogens with one attached hydrogen (secondary N) is 2. The van der Waals surface area contributed by atoms with E-state index in [1.54, 1.807) is 31.3 Å². The van der Waals surface area contributed by atoms with Gasteiger partial charge in [0.15, 0.2) is 5.11 Å². The SMILES string of the molecule is CN(C(=O)c1cccc(NC(=S)NC(=O)c2ccc([N+](=O)[O-])cc2)c1)c1ccccc1. The summed E-state index contributed by atoms with van der Waals surface area (Å²) >= 11 is 5.17. The van der Waals surface area contributed by atoms with Gasteiger partial charge >= 0.3 is 0 Å². The minimum absolute atomic E-state index is 0.0318. The fraction of sp³-hybridized carbons (Fsp3) is 0.0455. The zero-order chi connectivity index (χ0) is 22.4. The van der Waals surface area contributed by atoms with Crippen molar-refractivity contribution in [3.63, 3.8) is 0 Å². The van der Waals surface area contributed by atoms with E-state index in [4.69, 9.17) is 12.2 Å². The number of anilines is 2. The minimum atomic E-state index is -0.544. The topological polar surface area (TPSA) is 105 Å². The third-order valence-electron chi connectivity index (χ3n) is 4.38. The van der Waals surface area contributed by atoms with Gasteiger partial charge < -0.3 is 10.2 Å². The van der Waals surface area contributed by atoms with Crippen molar-refractivity contribution >= 4 is 46.2 Å². The Morgan fingerprint density at radius 1 is 0.935 bits per heavy atom. The number of carbonyl (C=O) groups excluding carboxylic acids is 2. The summed E-state index contributed by atoms with van der Waals surface area (Å²) < 4.78 is 0. The van der Waals surface area contributed by atoms with Crippen molar-refractivity contribution in [2.24, 2.45) is 0 Å². The average Bonchev–Trinajstić information content (AvgIpc) is 2.78. The van der Waals surface area contributed by atoms with E-state index in [1.165, 1.54) is 29.2 Å². The number of benzene rings is 3. The molecule has 9 heteroatoms. The first-order valence-corrected chi connectivity index (χ1v) is 9.56. The number of carbonyl (C=O) groups is 2. The van der Waals surface area contributed by atoms with Gasteiger partial charge in [-0.3, -0.25) is 25.0 Å². The number of non-ortho nitro benzene ring substituents is 1. The molecule has 31 heavy (non-hydrogen) atoms. The third-order valence-corrected chi connectivity index (χ3v) is 4.59. The van der Waals surface area contributed by atoms with Crippen LogP contribution in [-0.2, 0) is 0 Å². The molecule has 3 aromatic carbocycles. The summed E-state index contributed by atoms with van der Waals surface area (Å²) in [7, 11) is 1.69. The first-order chi connectivity index (χ1) is 14.8. The number of nitro groups is 1. The highest BCUT2D eigenvalue weighted by atomic mass is 32.1. The lowest BCUT2D eigenvalue weighted by molar-refractivity contribution is -0.384. The molecule has 0 fully saturated rings. The minimum Gasteiger partial charge on any atom is -0.332 e. The highest BCUT2D eigenvalue weighted by Gasteiger charge is 2.15. The van der Waals surface area contributed by atoms with Crippen molar-refractivity contribution in [3.8, 4) is 0 Å². The number of nitrogens with zero attached hydrogens (tertiary/aromatic N) is 2. The zero-order valence-electron chi connectivity index (χ0n) is 16.4. The van der Waals surface area contributed by atoms with Gasteiger partial charge in [-0.25, -0.2) is 0 Å². The van der Waals surface area contributed by atoms with E-state index in [2.05, 4.69) is 10.6 Å². The molecule has 0 unspecified atom stereocenters. The lowest BCUT2D eigenvalue weighted by Gasteiger charge is -2.18. The quantitative estimate of drug-likeness (QED) is 0.357. The van der Waals surface area contributed by atoms with E-state index < -0.39 is 10.8 Å². The van der Waals surface area contributed by atoms with Crippen LogP contribution in [0.4, 0.5) is 17.1 Å². The monoisotopic (exact) mass is 434 g/mol. The maximum Gasteiger partial charge on any atom is 0.269 e. The van der Waals surface area contributed by atoms with Crippen molar-refractivity contribution < 1.29 is 14.5 Å². The van der Waals surface area contributed by atoms with Gasteiger partial charge in [0.1, 0.15) is 0 Å². The molecule has 0 spiro atoms. The molecule has 0 saturated carbocycles. The average molecular weight is 434 g/mol. The van der Waals surface area contributed by atoms with Crippen LogP contribution in [0.1, 0.15) is 20.7 Å². The second-order valence-corrected chi connectivity index (χ2v) is 6.90. The molecule has 0 bridgehead atoms. The van der Waals surface area contributed by atoms with Crippen LogP contribution in [0.3, 0.4) is 0 Å². The first kappa shape index (κ1) is 21.6. The highest BCUT2D eigenvalue weighted by Crippen LogP contribution is 2.17. The van der Waals surface area contributed by atoms with E-state index in [9.17, 15) is 19.7 Å². The zero-order valence-corrected chi connectivity index (χ0v) is 17.3. The molecule has 2 N–H and O–H groups in total. The normalized spacial score (nSPS) is 10.1. The van der Waals surface area contributed by atoms with Gasteiger partial charge in [-0.1, -0.05) is 24.3 Å². The summed E-state index contributed by atoms with van der Waals surface area (Å²) in [5.41, 5.74) is 1.85. The molecule has 2 amide bonds. The fourth-order valence-electron chi connectivity index (χ4n) is 2.76. The molecule has 0 atom stereocenters. The molecule has 0 aromatic heterocycles. The lowest BCUT2D eigenvalue weighted by Crippen LogP contribution is -2.34. The highest BCUT2D eigenvalue weighted by molar-refractivity contribution is 7.80. The molecule has 0 aliphatic rings. The Balaban J connectivity index is 1.64. The molecule has 0 aliphatic heterocycles. The maximum absolute atomic E-state index is 12.8. The first-order valence-electron chi connectivity index (χ1n) is 9.15. The molecule has 3 rings (SSSR count). The molecule has 0 aliphatic carbocycles. The van der Waals surface area contributed by atoms with Crippen molar-refractivity contribution in [2.45, 2.75) is 0 Å². The Morgan fingerprint density at radius 2 is 1.61 bits per heavy atom. The van der Waals surface area contributed by atoms with E-state index in [0.29, 0.717) is 11.3 Å². The number of rotatable bonds is 5. The Kier molecular flexibility index (Phi) is 6.68. The molecule has 156 valence electrons. The predicted octanol–water partition coefficient (Wildman–Crippen LogP) is 4.00. The standard InChI is InChI=1S/C22H18N4O4S/c1-25(18-8-3-2-4-9-18)21(28)16-6-5-7-17(14-16)23-22(31)24-20(27)15-10-12-19(13-11-15)26(29)30/h2-14H,1H3,(H2,23,24,27,31). The van der Waals surface area contributed by atoms with Crippen LogP contribution in [0.2, 0.25) is 0 Å². The summed E-state index contributed by atoms with van der Waals surface area (Å²) in [4.78, 5) is 36.7. The van der Waals surface area contributed by atoms with E-state index in [1.807, 2.05) is 30.3 Å². The van der Waals surface area contributed by atoms with Gasteiger partial charge in [-0.2, -0.15) is 0 Å². The van der Waals surface area contributed by atoms with Crippen LogP contribution in [-0.4, -0.2) is 28.9 Å². The molecule has 3 aromatic rings. The van der Waals surface area contributed by atoms with E-state index in [-0.39, 0.29) is 22.3 Å². The van der Waals surface area contributed by atoms with E-state index >= 15 is 0 Å². The summed E-state index contributed by atoms with van der Waals surface area (Å²) in [6.07, 6.45) is 0. The number of amides is 2. The smallest absolute Gasteiger partial charge is 0.269 e. The van der Waals surface area contributed by atoms with Crippen LogP contribution >= 0.6 is 12.2 Å². The van der Waals surface area contributed by atoms with Gasteiger partial charge in [0.25, 0.3) is 17.5 Å². The molecule has 8 nitrogen and oxygen atoms in total. The number of nitro benzene ring substituents is 1. The molecule has 0 heterocycles. The van der Waals surface area contributed by atoms with Crippen molar-refractivity contribution in [1.82, 2.24) is 5.32 Å². The van der Waals surface area contributed by atoms with Crippen LogP contribution in [0.15, 0.2) is 78.9 Å². The maximum atomic E-state index is 12.8. The van der Waals surface area contributed by atoms with Crippen molar-refractivity contribution in [2.75, 3.05) is 17.3 Å². The summed E-state index contributed by atoms with van der Waals surface area (Å²) in [6, 6.07) is 21.1. The van der Waals surface area contributed by atoms with Crippen LogP contribution in [0.25, 0.3) is 0 Å². The summed E-state index contributed by atoms with van der Waals surface area (Å²) in [5.74, 6) is -0.709. The van der Waals surface area contributed by atoms with Gasteiger partial charge in [0.05, 0.1) is 4.92 Å². The largest absolute Gasteiger partial charge is 0.332 e. The molecule has 0 radical (unpaired) electrons. The second kappa shape index (κ2) is 9.59. The molecular formula is C22H18N4O4S.